The molecule has 0 spiro atoms. The lowest BCUT2D eigenvalue weighted by Gasteiger charge is -2.24. The molecule has 2 rings (SSSR count). The maximum Gasteiger partial charge on any atom is 0.158 e. The Labute approximate surface area is 120 Å². The molecule has 0 fully saturated rings. The van der Waals surface area contributed by atoms with Gasteiger partial charge >= 0.3 is 0 Å². The Morgan fingerprint density at radius 2 is 1.90 bits per heavy atom. The Morgan fingerprint density at radius 3 is 2.50 bits per heavy atom. The third-order valence-corrected chi connectivity index (χ3v) is 4.18. The topological polar surface area (TPSA) is 60.9 Å². The van der Waals surface area contributed by atoms with Crippen LogP contribution in [0.4, 0.5) is 0 Å². The number of aromatic nitrogens is 2. The molecule has 4 nitrogen and oxygen atoms in total. The predicted molar refractivity (Wildman–Crippen MR) is 81.6 cm³/mol. The van der Waals surface area contributed by atoms with Gasteiger partial charge in [0.1, 0.15) is 0 Å². The first kappa shape index (κ1) is 14.7. The molecule has 0 amide bonds. The van der Waals surface area contributed by atoms with E-state index in [1.165, 1.54) is 0 Å². The van der Waals surface area contributed by atoms with Crippen LogP contribution in [0.5, 0.6) is 0 Å². The van der Waals surface area contributed by atoms with Crippen molar-refractivity contribution in [1.29, 1.82) is 0 Å². The molecule has 1 aromatic heterocycles. The summed E-state index contributed by atoms with van der Waals surface area (Å²) in [6, 6.07) is 8.03. The second-order valence-corrected chi connectivity index (χ2v) is 5.24. The van der Waals surface area contributed by atoms with Crippen LogP contribution >= 0.6 is 0 Å². The number of carbonyl (C=O) groups is 1. The normalized spacial score (nSPS) is 12.0. The van der Waals surface area contributed by atoms with Crippen molar-refractivity contribution in [1.82, 2.24) is 9.78 Å². The van der Waals surface area contributed by atoms with Crippen LogP contribution in [-0.2, 0) is 17.8 Å². The highest BCUT2D eigenvalue weighted by molar-refractivity contribution is 5.93. The molecule has 0 radical (unpaired) electrons. The van der Waals surface area contributed by atoms with Crippen molar-refractivity contribution >= 4 is 16.7 Å². The molecule has 1 aromatic carbocycles. The number of rotatable bonds is 6. The number of ketones is 1. The molecule has 20 heavy (non-hydrogen) atoms. The van der Waals surface area contributed by atoms with E-state index < -0.39 is 5.54 Å². The lowest BCUT2D eigenvalue weighted by Crippen LogP contribution is -2.47. The van der Waals surface area contributed by atoms with E-state index in [-0.39, 0.29) is 5.78 Å². The van der Waals surface area contributed by atoms with Gasteiger partial charge in [-0.3, -0.25) is 9.48 Å². The van der Waals surface area contributed by atoms with Crippen LogP contribution in [0.1, 0.15) is 39.3 Å². The average molecular weight is 273 g/mol. The molecule has 0 aliphatic heterocycles. The summed E-state index contributed by atoms with van der Waals surface area (Å²) in [5, 5.41) is 5.62. The summed E-state index contributed by atoms with van der Waals surface area (Å²) in [4.78, 5) is 12.5. The molecule has 0 unspecified atom stereocenters. The summed E-state index contributed by atoms with van der Waals surface area (Å²) in [5.74, 6) is 0.0778. The van der Waals surface area contributed by atoms with E-state index in [1.807, 2.05) is 42.8 Å². The van der Waals surface area contributed by atoms with Gasteiger partial charge in [0.15, 0.2) is 5.78 Å². The van der Waals surface area contributed by atoms with Crippen LogP contribution in [0, 0.1) is 0 Å². The smallest absolute Gasteiger partial charge is 0.158 e. The molecule has 0 saturated carbocycles. The third kappa shape index (κ3) is 2.48. The van der Waals surface area contributed by atoms with Gasteiger partial charge in [-0.1, -0.05) is 32.0 Å². The van der Waals surface area contributed by atoms with Crippen molar-refractivity contribution in [2.45, 2.75) is 52.1 Å². The van der Waals surface area contributed by atoms with Gasteiger partial charge in [0.25, 0.3) is 0 Å². The van der Waals surface area contributed by atoms with E-state index in [9.17, 15) is 4.79 Å². The first-order valence-electron chi connectivity index (χ1n) is 7.32. The second kappa shape index (κ2) is 5.75. The number of carbonyl (C=O) groups excluding carboxylic acids is 1. The van der Waals surface area contributed by atoms with Crippen LogP contribution in [-0.4, -0.2) is 21.1 Å². The van der Waals surface area contributed by atoms with Crippen molar-refractivity contribution in [3.8, 4) is 0 Å². The minimum Gasteiger partial charge on any atom is -0.319 e. The van der Waals surface area contributed by atoms with Crippen molar-refractivity contribution in [3.05, 3.63) is 30.0 Å². The largest absolute Gasteiger partial charge is 0.319 e. The maximum atomic E-state index is 12.5. The fourth-order valence-electron chi connectivity index (χ4n) is 2.54. The van der Waals surface area contributed by atoms with Crippen LogP contribution in [0.3, 0.4) is 0 Å². The summed E-state index contributed by atoms with van der Waals surface area (Å²) >= 11 is 0. The number of nitrogens with two attached hydrogens (primary N) is 1. The Kier molecular flexibility index (Phi) is 4.23. The Hall–Kier alpha value is -1.68. The summed E-state index contributed by atoms with van der Waals surface area (Å²) in [7, 11) is 0. The number of hydrogen-bond acceptors (Lipinski definition) is 3. The van der Waals surface area contributed by atoms with Gasteiger partial charge in [-0.05, 0) is 25.8 Å². The molecule has 108 valence electrons. The van der Waals surface area contributed by atoms with E-state index in [2.05, 4.69) is 12.0 Å². The molecule has 2 aromatic rings. The number of fused-ring (bicyclic) bond motifs is 1. The van der Waals surface area contributed by atoms with Crippen molar-refractivity contribution in [2.24, 2.45) is 5.73 Å². The molecule has 0 saturated heterocycles. The minimum absolute atomic E-state index is 0.0778. The molecule has 1 heterocycles. The highest BCUT2D eigenvalue weighted by atomic mass is 16.1. The van der Waals surface area contributed by atoms with Crippen LogP contribution < -0.4 is 5.73 Å². The van der Waals surface area contributed by atoms with Gasteiger partial charge in [0.2, 0.25) is 0 Å². The lowest BCUT2D eigenvalue weighted by atomic mass is 9.86. The minimum atomic E-state index is -0.725. The maximum absolute atomic E-state index is 12.5. The first-order chi connectivity index (χ1) is 9.55. The zero-order valence-corrected chi connectivity index (χ0v) is 12.5. The molecule has 0 bridgehead atoms. The monoisotopic (exact) mass is 273 g/mol. The lowest BCUT2D eigenvalue weighted by molar-refractivity contribution is -0.123. The van der Waals surface area contributed by atoms with Crippen molar-refractivity contribution in [3.63, 3.8) is 0 Å². The SMILES string of the molecule is CCn1nc(CC(=O)C(N)(CC)CC)c2ccccc21. The van der Waals surface area contributed by atoms with E-state index in [1.54, 1.807) is 0 Å². The number of para-hydroxylation sites is 1. The number of nitrogens with zero attached hydrogens (tertiary/aromatic N) is 2. The Bertz CT molecular complexity index is 611. The van der Waals surface area contributed by atoms with Crippen LogP contribution in [0.25, 0.3) is 10.9 Å². The van der Waals surface area contributed by atoms with E-state index in [4.69, 9.17) is 5.73 Å². The summed E-state index contributed by atoms with van der Waals surface area (Å²) < 4.78 is 1.94. The van der Waals surface area contributed by atoms with Crippen LogP contribution in [0.15, 0.2) is 24.3 Å². The molecule has 0 atom stereocenters. The molecule has 4 heteroatoms. The third-order valence-electron chi connectivity index (χ3n) is 4.18. The quantitative estimate of drug-likeness (QED) is 0.880. The molecule has 0 aliphatic carbocycles. The summed E-state index contributed by atoms with van der Waals surface area (Å²) in [6.45, 7) is 6.77. The first-order valence-corrected chi connectivity index (χ1v) is 7.32. The van der Waals surface area contributed by atoms with Gasteiger partial charge in [-0.25, -0.2) is 0 Å². The van der Waals surface area contributed by atoms with Gasteiger partial charge in [-0.2, -0.15) is 5.10 Å². The van der Waals surface area contributed by atoms with Gasteiger partial charge < -0.3 is 5.73 Å². The Morgan fingerprint density at radius 1 is 1.25 bits per heavy atom. The Balaban J connectivity index is 2.37. The number of aryl methyl sites for hydroxylation is 1. The van der Waals surface area contributed by atoms with E-state index in [0.29, 0.717) is 19.3 Å². The zero-order valence-electron chi connectivity index (χ0n) is 12.5. The predicted octanol–water partition coefficient (Wildman–Crippen LogP) is 2.69. The fraction of sp³-hybridized carbons (Fsp3) is 0.500. The number of hydrogen-bond donors (Lipinski definition) is 1. The number of Topliss-reactive ketones (excluding diaryl/α,β-unsaturated/α-hetero) is 1. The van der Waals surface area contributed by atoms with Gasteiger partial charge in [-0.15, -0.1) is 0 Å². The van der Waals surface area contributed by atoms with Crippen LogP contribution in [0.2, 0.25) is 0 Å². The number of benzene rings is 1. The fourth-order valence-corrected chi connectivity index (χ4v) is 2.54. The molecule has 2 N–H and O–H groups in total. The zero-order chi connectivity index (χ0) is 14.8. The second-order valence-electron chi connectivity index (χ2n) is 5.24. The van der Waals surface area contributed by atoms with Gasteiger partial charge in [0, 0.05) is 11.9 Å². The average Bonchev–Trinajstić information content (AvgIpc) is 2.84. The van der Waals surface area contributed by atoms with E-state index in [0.717, 1.165) is 23.1 Å². The van der Waals surface area contributed by atoms with Crippen molar-refractivity contribution in [2.75, 3.05) is 0 Å². The molecular formula is C16H23N3O. The van der Waals surface area contributed by atoms with Gasteiger partial charge in [0.05, 0.1) is 23.2 Å². The molecular weight excluding hydrogens is 250 g/mol. The standard InChI is InChI=1S/C16H23N3O/c1-4-16(17,5-2)15(20)11-13-12-9-7-8-10-14(12)19(6-3)18-13/h7-10H,4-6,11,17H2,1-3H3. The highest BCUT2D eigenvalue weighted by Gasteiger charge is 2.30. The van der Waals surface area contributed by atoms with E-state index >= 15 is 0 Å². The summed E-state index contributed by atoms with van der Waals surface area (Å²) in [6.07, 6.45) is 1.63. The molecule has 0 aliphatic rings. The van der Waals surface area contributed by atoms with Crippen molar-refractivity contribution < 1.29 is 4.79 Å². The summed E-state index contributed by atoms with van der Waals surface area (Å²) in [5.41, 5.74) is 7.38. The highest BCUT2D eigenvalue weighted by Crippen LogP contribution is 2.22.